The largest absolute Gasteiger partial charge is 0.334 e. The highest BCUT2D eigenvalue weighted by Gasteiger charge is 2.30. The summed E-state index contributed by atoms with van der Waals surface area (Å²) in [5, 5.41) is 4.69. The van der Waals surface area contributed by atoms with E-state index in [4.69, 9.17) is 5.10 Å². The molecule has 1 saturated heterocycles. The maximum absolute atomic E-state index is 13.2. The van der Waals surface area contributed by atoms with Crippen molar-refractivity contribution in [3.8, 4) is 5.69 Å². The number of hydrogen-bond donors (Lipinski definition) is 1. The van der Waals surface area contributed by atoms with Gasteiger partial charge in [0.1, 0.15) is 5.69 Å². The van der Waals surface area contributed by atoms with Crippen molar-refractivity contribution in [2.45, 2.75) is 18.8 Å². The molecule has 1 aliphatic heterocycles. The van der Waals surface area contributed by atoms with Crippen molar-refractivity contribution in [1.82, 2.24) is 19.6 Å². The summed E-state index contributed by atoms with van der Waals surface area (Å²) in [6.07, 6.45) is 2.25. The molecule has 2 aromatic rings. The molecule has 7 heteroatoms. The molecule has 1 aromatic heterocycles. The zero-order chi connectivity index (χ0) is 19.7. The average molecular weight is 382 g/mol. The van der Waals surface area contributed by atoms with Gasteiger partial charge in [-0.3, -0.25) is 9.59 Å². The molecule has 0 spiro atoms. The Kier molecular flexibility index (Phi) is 5.17. The van der Waals surface area contributed by atoms with Crippen molar-refractivity contribution in [2.24, 2.45) is 0 Å². The summed E-state index contributed by atoms with van der Waals surface area (Å²) in [5.74, 6) is 0.296. The zero-order valence-corrected chi connectivity index (χ0v) is 16.6. The van der Waals surface area contributed by atoms with Crippen molar-refractivity contribution in [3.63, 3.8) is 0 Å². The summed E-state index contributed by atoms with van der Waals surface area (Å²) < 4.78 is 1.72. The first kappa shape index (κ1) is 18.7. The van der Waals surface area contributed by atoms with E-state index >= 15 is 0 Å². The number of carbonyl (C=O) groups excluding carboxylic acids is 2. The predicted octanol–water partition coefficient (Wildman–Crippen LogP) is 0.179. The highest BCUT2D eigenvalue weighted by molar-refractivity contribution is 5.95. The summed E-state index contributed by atoms with van der Waals surface area (Å²) in [6.45, 7) is 3.50. The normalized spacial score (nSPS) is 17.6. The van der Waals surface area contributed by atoms with Crippen molar-refractivity contribution < 1.29 is 14.5 Å². The molecule has 0 unspecified atom stereocenters. The van der Waals surface area contributed by atoms with Crippen molar-refractivity contribution >= 4 is 11.8 Å². The lowest BCUT2D eigenvalue weighted by Gasteiger charge is -2.31. The minimum atomic E-state index is -0.170. The number of amides is 2. The van der Waals surface area contributed by atoms with Crippen LogP contribution in [0.4, 0.5) is 0 Å². The second kappa shape index (κ2) is 7.75. The van der Waals surface area contributed by atoms with Gasteiger partial charge in [0.15, 0.2) is 0 Å². The average Bonchev–Trinajstić information content (AvgIpc) is 3.47. The molecule has 148 valence electrons. The third-order valence-electron chi connectivity index (χ3n) is 5.63. The van der Waals surface area contributed by atoms with Crippen LogP contribution in [0.25, 0.3) is 5.69 Å². The number of carbonyl (C=O) groups is 2. The van der Waals surface area contributed by atoms with E-state index in [0.717, 1.165) is 50.4 Å². The molecule has 2 aliphatic rings. The fourth-order valence-corrected chi connectivity index (χ4v) is 3.60. The summed E-state index contributed by atoms with van der Waals surface area (Å²) in [5.41, 5.74) is 2.35. The van der Waals surface area contributed by atoms with E-state index in [1.165, 1.54) is 9.80 Å². The van der Waals surface area contributed by atoms with E-state index < -0.39 is 0 Å². The Bertz CT molecular complexity index is 851. The lowest BCUT2D eigenvalue weighted by atomic mass is 10.2. The molecule has 1 saturated carbocycles. The lowest BCUT2D eigenvalue weighted by molar-refractivity contribution is -0.883. The van der Waals surface area contributed by atoms with Gasteiger partial charge in [0.25, 0.3) is 5.91 Å². The van der Waals surface area contributed by atoms with Gasteiger partial charge in [0, 0.05) is 13.0 Å². The second-order valence-electron chi connectivity index (χ2n) is 7.98. The standard InChI is InChI=1S/C21H27N5O2/c1-23-10-12-25(13-11-23)20(27)15-24(2)21(28)19-14-18(16-8-9-16)22-26(19)17-6-4-3-5-7-17/h3-7,14,16H,8-13,15H2,1-2H3/p+1. The minimum absolute atomic E-state index is 0.0107. The van der Waals surface area contributed by atoms with Crippen LogP contribution < -0.4 is 4.90 Å². The SMILES string of the molecule is CN(CC(=O)N1CC[NH+](C)CC1)C(=O)c1cc(C2CC2)nn1-c1ccccc1. The van der Waals surface area contributed by atoms with Crippen molar-refractivity contribution in [3.05, 3.63) is 47.8 Å². The first-order valence-corrected chi connectivity index (χ1v) is 10.0. The van der Waals surface area contributed by atoms with Gasteiger partial charge >= 0.3 is 0 Å². The van der Waals surface area contributed by atoms with Crippen LogP contribution in [-0.2, 0) is 4.79 Å². The molecule has 0 bridgehead atoms. The number of likely N-dealkylation sites (N-methyl/N-ethyl adjacent to an activating group) is 2. The Labute approximate surface area is 165 Å². The molecule has 1 aromatic carbocycles. The van der Waals surface area contributed by atoms with Crippen LogP contribution in [0.3, 0.4) is 0 Å². The molecule has 1 aliphatic carbocycles. The molecule has 7 nitrogen and oxygen atoms in total. The summed E-state index contributed by atoms with van der Waals surface area (Å²) in [6, 6.07) is 11.6. The van der Waals surface area contributed by atoms with E-state index in [0.29, 0.717) is 11.6 Å². The Morgan fingerprint density at radius 3 is 2.50 bits per heavy atom. The highest BCUT2D eigenvalue weighted by atomic mass is 16.2. The molecule has 28 heavy (non-hydrogen) atoms. The Balaban J connectivity index is 1.51. The number of quaternary nitrogens is 1. The number of nitrogens with zero attached hydrogens (tertiary/aromatic N) is 4. The van der Waals surface area contributed by atoms with E-state index in [1.54, 1.807) is 11.7 Å². The van der Waals surface area contributed by atoms with Crippen LogP contribution in [0, 0.1) is 0 Å². The number of para-hydroxylation sites is 1. The lowest BCUT2D eigenvalue weighted by Crippen LogP contribution is -3.12. The van der Waals surface area contributed by atoms with Crippen LogP contribution in [0.15, 0.2) is 36.4 Å². The first-order valence-electron chi connectivity index (χ1n) is 10.0. The molecule has 1 N–H and O–H groups in total. The van der Waals surface area contributed by atoms with E-state index in [1.807, 2.05) is 41.3 Å². The Morgan fingerprint density at radius 2 is 1.86 bits per heavy atom. The first-order chi connectivity index (χ1) is 13.5. The number of benzene rings is 1. The number of rotatable bonds is 5. The Morgan fingerprint density at radius 1 is 1.18 bits per heavy atom. The van der Waals surface area contributed by atoms with Gasteiger partial charge < -0.3 is 14.7 Å². The third kappa shape index (κ3) is 3.94. The third-order valence-corrected chi connectivity index (χ3v) is 5.63. The molecule has 0 atom stereocenters. The van der Waals surface area contributed by atoms with Gasteiger partial charge in [0.2, 0.25) is 5.91 Å². The molecule has 2 heterocycles. The maximum atomic E-state index is 13.2. The fraction of sp³-hybridized carbons (Fsp3) is 0.476. The topological polar surface area (TPSA) is 62.9 Å². The minimum Gasteiger partial charge on any atom is -0.334 e. The smallest absolute Gasteiger partial charge is 0.272 e. The van der Waals surface area contributed by atoms with Crippen molar-refractivity contribution in [1.29, 1.82) is 0 Å². The molecule has 4 rings (SSSR count). The number of hydrogen-bond acceptors (Lipinski definition) is 3. The summed E-state index contributed by atoms with van der Waals surface area (Å²) >= 11 is 0. The summed E-state index contributed by atoms with van der Waals surface area (Å²) in [7, 11) is 3.83. The maximum Gasteiger partial charge on any atom is 0.272 e. The molecule has 2 fully saturated rings. The van der Waals surface area contributed by atoms with E-state index in [-0.39, 0.29) is 18.4 Å². The van der Waals surface area contributed by atoms with Gasteiger partial charge in [-0.1, -0.05) is 18.2 Å². The molecule has 2 amide bonds. The monoisotopic (exact) mass is 382 g/mol. The van der Waals surface area contributed by atoms with Crippen LogP contribution in [0.1, 0.15) is 34.9 Å². The fourth-order valence-electron chi connectivity index (χ4n) is 3.60. The highest BCUT2D eigenvalue weighted by Crippen LogP contribution is 2.39. The van der Waals surface area contributed by atoms with Gasteiger partial charge in [-0.2, -0.15) is 5.10 Å². The van der Waals surface area contributed by atoms with E-state index in [9.17, 15) is 9.59 Å². The van der Waals surface area contributed by atoms with Crippen molar-refractivity contribution in [2.75, 3.05) is 46.8 Å². The molecular weight excluding hydrogens is 354 g/mol. The molecular formula is C21H28N5O2+. The quantitative estimate of drug-likeness (QED) is 0.802. The van der Waals surface area contributed by atoms with Crippen LogP contribution in [0.5, 0.6) is 0 Å². The zero-order valence-electron chi connectivity index (χ0n) is 16.6. The second-order valence-corrected chi connectivity index (χ2v) is 7.98. The van der Waals surface area contributed by atoms with E-state index in [2.05, 4.69) is 7.05 Å². The Hall–Kier alpha value is -2.67. The number of aromatic nitrogens is 2. The molecule has 0 radical (unpaired) electrons. The van der Waals surface area contributed by atoms with Crippen LogP contribution in [-0.4, -0.2) is 78.2 Å². The van der Waals surface area contributed by atoms with Crippen LogP contribution in [0.2, 0.25) is 0 Å². The number of piperazine rings is 1. The predicted molar refractivity (Wildman–Crippen MR) is 106 cm³/mol. The van der Waals surface area contributed by atoms with Gasteiger partial charge in [0.05, 0.1) is 51.2 Å². The summed E-state index contributed by atoms with van der Waals surface area (Å²) in [4.78, 5) is 30.6. The van der Waals surface area contributed by atoms with Gasteiger partial charge in [-0.05, 0) is 31.0 Å². The van der Waals surface area contributed by atoms with Gasteiger partial charge in [-0.15, -0.1) is 0 Å². The van der Waals surface area contributed by atoms with Gasteiger partial charge in [-0.25, -0.2) is 4.68 Å². The number of nitrogens with one attached hydrogen (secondary N) is 1. The van der Waals surface area contributed by atoms with Crippen LogP contribution >= 0.6 is 0 Å².